The molecule has 1 N–H and O–H groups in total. The number of hydrogen-bond acceptors (Lipinski definition) is 1. The van der Waals surface area contributed by atoms with Crippen LogP contribution in [0.25, 0.3) is 0 Å². The van der Waals surface area contributed by atoms with Crippen LogP contribution in [0, 0.1) is 0 Å². The van der Waals surface area contributed by atoms with Gasteiger partial charge in [0.1, 0.15) is 0 Å². The summed E-state index contributed by atoms with van der Waals surface area (Å²) in [6.07, 6.45) is 11.8. The standard InChI is InChI=1S/C18H34O2Si/c1-4-6-13-21(14-7-5-2,15-16(3)18(19)20)17-11-9-8-10-12-17/h15,17H,4-14H2,1-3H3,(H,19,20). The lowest BCUT2D eigenvalue weighted by molar-refractivity contribution is -0.132. The van der Waals surface area contributed by atoms with Crippen molar-refractivity contribution in [2.24, 2.45) is 0 Å². The lowest BCUT2D eigenvalue weighted by Gasteiger charge is -2.40. The van der Waals surface area contributed by atoms with Crippen molar-refractivity contribution in [1.29, 1.82) is 0 Å². The number of aliphatic carboxylic acids is 1. The van der Waals surface area contributed by atoms with Gasteiger partial charge >= 0.3 is 5.97 Å². The van der Waals surface area contributed by atoms with Crippen molar-refractivity contribution in [3.8, 4) is 0 Å². The van der Waals surface area contributed by atoms with Crippen molar-refractivity contribution >= 4 is 14.0 Å². The van der Waals surface area contributed by atoms with E-state index in [-0.39, 0.29) is 0 Å². The van der Waals surface area contributed by atoms with Crippen LogP contribution in [0.1, 0.15) is 78.6 Å². The summed E-state index contributed by atoms with van der Waals surface area (Å²) >= 11 is 0. The Hall–Kier alpha value is -0.573. The first kappa shape index (κ1) is 18.5. The van der Waals surface area contributed by atoms with E-state index in [9.17, 15) is 9.90 Å². The van der Waals surface area contributed by atoms with E-state index in [1.54, 1.807) is 0 Å². The van der Waals surface area contributed by atoms with E-state index in [1.807, 2.05) is 6.92 Å². The first-order valence-corrected chi connectivity index (χ1v) is 11.6. The van der Waals surface area contributed by atoms with Crippen LogP contribution in [-0.2, 0) is 4.79 Å². The summed E-state index contributed by atoms with van der Waals surface area (Å²) in [5.41, 5.74) is 3.73. The minimum Gasteiger partial charge on any atom is -0.478 e. The average molecular weight is 311 g/mol. The maximum atomic E-state index is 11.4. The van der Waals surface area contributed by atoms with Crippen molar-refractivity contribution < 1.29 is 9.90 Å². The van der Waals surface area contributed by atoms with E-state index in [0.717, 1.165) is 5.54 Å². The normalized spacial score (nSPS) is 18.0. The molecule has 1 aliphatic carbocycles. The average Bonchev–Trinajstić information content (AvgIpc) is 2.50. The largest absolute Gasteiger partial charge is 0.478 e. The lowest BCUT2D eigenvalue weighted by atomic mass is 10.0. The zero-order chi connectivity index (χ0) is 15.7. The second-order valence-corrected chi connectivity index (χ2v) is 11.5. The van der Waals surface area contributed by atoms with Gasteiger partial charge in [-0.15, -0.1) is 0 Å². The van der Waals surface area contributed by atoms with Crippen molar-refractivity contribution in [2.75, 3.05) is 0 Å². The first-order valence-electron chi connectivity index (χ1n) is 8.98. The molecule has 0 aliphatic heterocycles. The Labute approximate surface area is 132 Å². The number of carboxylic acid groups (broad SMARTS) is 1. The van der Waals surface area contributed by atoms with Gasteiger partial charge in [0.25, 0.3) is 0 Å². The summed E-state index contributed by atoms with van der Waals surface area (Å²) in [5.74, 6) is -0.712. The van der Waals surface area contributed by atoms with Gasteiger partial charge in [0, 0.05) is 5.57 Å². The summed E-state index contributed by atoms with van der Waals surface area (Å²) in [4.78, 5) is 11.4. The summed E-state index contributed by atoms with van der Waals surface area (Å²) in [7, 11) is -1.61. The van der Waals surface area contributed by atoms with Gasteiger partial charge in [-0.1, -0.05) is 89.4 Å². The maximum Gasteiger partial charge on any atom is 0.330 e. The van der Waals surface area contributed by atoms with Gasteiger partial charge < -0.3 is 5.11 Å². The summed E-state index contributed by atoms with van der Waals surface area (Å²) in [6.45, 7) is 6.33. The van der Waals surface area contributed by atoms with E-state index in [1.165, 1.54) is 69.9 Å². The topological polar surface area (TPSA) is 37.3 Å². The molecule has 0 unspecified atom stereocenters. The minimum atomic E-state index is -1.61. The van der Waals surface area contributed by atoms with Crippen LogP contribution in [0.15, 0.2) is 11.3 Å². The number of carboxylic acids is 1. The molecule has 0 atom stereocenters. The molecule has 1 aliphatic rings. The van der Waals surface area contributed by atoms with Crippen LogP contribution in [0.5, 0.6) is 0 Å². The molecular formula is C18H34O2Si. The molecule has 0 spiro atoms. The molecule has 0 heterocycles. The smallest absolute Gasteiger partial charge is 0.330 e. The second kappa shape index (κ2) is 9.45. The monoisotopic (exact) mass is 310 g/mol. The van der Waals surface area contributed by atoms with Gasteiger partial charge in [0.15, 0.2) is 0 Å². The third-order valence-corrected chi connectivity index (χ3v) is 11.0. The fourth-order valence-electron chi connectivity index (χ4n) is 3.98. The van der Waals surface area contributed by atoms with Gasteiger partial charge in [0.05, 0.1) is 8.07 Å². The minimum absolute atomic E-state index is 0.611. The van der Waals surface area contributed by atoms with Gasteiger partial charge in [-0.05, 0) is 12.5 Å². The SMILES string of the molecule is CCCC[Si](C=C(C)C(=O)O)(CCCC)C1CCCCC1. The number of unbranched alkanes of at least 4 members (excludes halogenated alkanes) is 2. The number of hydrogen-bond donors (Lipinski definition) is 1. The molecule has 0 aromatic rings. The zero-order valence-corrected chi connectivity index (χ0v) is 15.3. The summed E-state index contributed by atoms with van der Waals surface area (Å²) in [5, 5.41) is 9.35. The van der Waals surface area contributed by atoms with Crippen LogP contribution < -0.4 is 0 Å². The molecule has 0 radical (unpaired) electrons. The van der Waals surface area contributed by atoms with Crippen LogP contribution >= 0.6 is 0 Å². The van der Waals surface area contributed by atoms with Crippen molar-refractivity contribution in [2.45, 2.75) is 96.2 Å². The molecule has 2 nitrogen and oxygen atoms in total. The number of rotatable bonds is 9. The fourth-order valence-corrected chi connectivity index (χ4v) is 10.1. The molecule has 1 rings (SSSR count). The lowest BCUT2D eigenvalue weighted by Crippen LogP contribution is -2.40. The molecule has 3 heteroatoms. The summed E-state index contributed by atoms with van der Waals surface area (Å²) in [6, 6.07) is 2.61. The third kappa shape index (κ3) is 5.61. The van der Waals surface area contributed by atoms with Gasteiger partial charge in [0.2, 0.25) is 0 Å². The van der Waals surface area contributed by atoms with Crippen molar-refractivity contribution in [3.63, 3.8) is 0 Å². The van der Waals surface area contributed by atoms with Crippen LogP contribution in [0.2, 0.25) is 17.6 Å². The van der Waals surface area contributed by atoms with Crippen molar-refractivity contribution in [3.05, 3.63) is 11.3 Å². The van der Waals surface area contributed by atoms with E-state index in [0.29, 0.717) is 5.57 Å². The van der Waals surface area contributed by atoms with E-state index in [4.69, 9.17) is 0 Å². The molecule has 0 saturated heterocycles. The van der Waals surface area contributed by atoms with Gasteiger partial charge in [-0.25, -0.2) is 4.79 Å². The van der Waals surface area contributed by atoms with Crippen LogP contribution in [0.4, 0.5) is 0 Å². The fraction of sp³-hybridized carbons (Fsp3) is 0.833. The predicted octanol–water partition coefficient (Wildman–Crippen LogP) is 5.94. The molecule has 1 saturated carbocycles. The van der Waals surface area contributed by atoms with Gasteiger partial charge in [-0.3, -0.25) is 0 Å². The van der Waals surface area contributed by atoms with Crippen molar-refractivity contribution in [1.82, 2.24) is 0 Å². The maximum absolute atomic E-state index is 11.4. The Bertz CT molecular complexity index is 335. The second-order valence-electron chi connectivity index (χ2n) is 6.91. The van der Waals surface area contributed by atoms with Gasteiger partial charge in [-0.2, -0.15) is 0 Å². The van der Waals surface area contributed by atoms with E-state index < -0.39 is 14.0 Å². The highest BCUT2D eigenvalue weighted by atomic mass is 28.3. The third-order valence-electron chi connectivity index (χ3n) is 5.25. The Morgan fingerprint density at radius 1 is 1.10 bits per heavy atom. The predicted molar refractivity (Wildman–Crippen MR) is 93.4 cm³/mol. The van der Waals surface area contributed by atoms with E-state index >= 15 is 0 Å². The Balaban J connectivity index is 3.05. The molecule has 0 aromatic carbocycles. The first-order chi connectivity index (χ1) is 10.1. The highest BCUT2D eigenvalue weighted by molar-refractivity contribution is 6.86. The number of carbonyl (C=O) groups is 1. The molecule has 0 bridgehead atoms. The Kier molecular flexibility index (Phi) is 8.31. The zero-order valence-electron chi connectivity index (χ0n) is 14.3. The Morgan fingerprint density at radius 3 is 2.05 bits per heavy atom. The van der Waals surface area contributed by atoms with E-state index in [2.05, 4.69) is 19.5 Å². The molecule has 1 fully saturated rings. The molecule has 0 aromatic heterocycles. The summed E-state index contributed by atoms with van der Waals surface area (Å²) < 4.78 is 0. The molecular weight excluding hydrogens is 276 g/mol. The Morgan fingerprint density at radius 2 is 1.62 bits per heavy atom. The molecule has 0 amide bonds. The van der Waals surface area contributed by atoms with Crippen LogP contribution in [-0.4, -0.2) is 19.1 Å². The quantitative estimate of drug-likeness (QED) is 0.422. The van der Waals surface area contributed by atoms with Crippen LogP contribution in [0.3, 0.4) is 0 Å². The molecule has 21 heavy (non-hydrogen) atoms. The molecule has 122 valence electrons. The highest BCUT2D eigenvalue weighted by Crippen LogP contribution is 2.44. The highest BCUT2D eigenvalue weighted by Gasteiger charge is 2.39.